The predicted octanol–water partition coefficient (Wildman–Crippen LogP) is 10.8. The topological polar surface area (TPSA) is 0 Å². The van der Waals surface area contributed by atoms with E-state index in [0.717, 1.165) is 0 Å². The van der Waals surface area contributed by atoms with Crippen LogP contribution in [0.1, 0.15) is 25.0 Å². The molecule has 0 unspecified atom stereocenters. The first kappa shape index (κ1) is 22.3. The second-order valence-electron chi connectivity index (χ2n) is 11.3. The minimum Gasteiger partial charge on any atom is -0.0622 e. The summed E-state index contributed by atoms with van der Waals surface area (Å²) < 4.78 is 0. The molecule has 184 valence electrons. The molecule has 0 radical (unpaired) electrons. The van der Waals surface area contributed by atoms with Crippen molar-refractivity contribution in [3.05, 3.63) is 145 Å². The summed E-state index contributed by atoms with van der Waals surface area (Å²) in [4.78, 5) is 0. The SMILES string of the molecule is CC1(C)c2cc3c(-c4ccccc4)c4ccccc4c(-c4ccccc4)c3cc2-c2ccc3ccccc3c21. The van der Waals surface area contributed by atoms with E-state index >= 15 is 0 Å². The zero-order valence-corrected chi connectivity index (χ0v) is 22.2. The van der Waals surface area contributed by atoms with Crippen molar-refractivity contribution < 1.29 is 0 Å². The Bertz CT molecular complexity index is 2060. The molecule has 0 amide bonds. The van der Waals surface area contributed by atoms with Gasteiger partial charge in [-0.15, -0.1) is 0 Å². The third-order valence-corrected chi connectivity index (χ3v) is 8.80. The minimum absolute atomic E-state index is 0.105. The largest absolute Gasteiger partial charge is 0.0622 e. The normalized spacial score (nSPS) is 13.6. The molecule has 0 atom stereocenters. The summed E-state index contributed by atoms with van der Waals surface area (Å²) in [6, 6.07) is 49.3. The maximum atomic E-state index is 2.51. The van der Waals surface area contributed by atoms with Gasteiger partial charge in [0.05, 0.1) is 0 Å². The van der Waals surface area contributed by atoms with E-state index in [-0.39, 0.29) is 5.41 Å². The third kappa shape index (κ3) is 3.12. The first-order chi connectivity index (χ1) is 19.1. The Balaban J connectivity index is 1.59. The van der Waals surface area contributed by atoms with Crippen molar-refractivity contribution in [1.82, 2.24) is 0 Å². The Hall–Kier alpha value is -4.68. The second-order valence-corrected chi connectivity index (χ2v) is 11.3. The molecule has 0 aromatic heterocycles. The minimum atomic E-state index is -0.105. The van der Waals surface area contributed by atoms with Crippen molar-refractivity contribution in [2.75, 3.05) is 0 Å². The van der Waals surface area contributed by atoms with E-state index < -0.39 is 0 Å². The van der Waals surface area contributed by atoms with Crippen molar-refractivity contribution in [2.45, 2.75) is 19.3 Å². The van der Waals surface area contributed by atoms with Gasteiger partial charge in [-0.3, -0.25) is 0 Å². The van der Waals surface area contributed by atoms with Crippen LogP contribution in [-0.4, -0.2) is 0 Å². The van der Waals surface area contributed by atoms with Crippen molar-refractivity contribution >= 4 is 32.3 Å². The fourth-order valence-electron chi connectivity index (χ4n) is 7.10. The standard InChI is InChI=1S/C39H28/c1-39(2)35-24-34-33(23-32(35)31-22-21-25-13-9-10-18-28(25)38(31)39)36(26-14-5-3-6-15-26)29-19-11-12-20-30(29)37(34)27-16-7-4-8-17-27/h3-24H,1-2H3. The molecule has 0 bridgehead atoms. The van der Waals surface area contributed by atoms with Crippen molar-refractivity contribution in [2.24, 2.45) is 0 Å². The average Bonchev–Trinajstić information content (AvgIpc) is 3.21. The Morgan fingerprint density at radius 1 is 0.410 bits per heavy atom. The van der Waals surface area contributed by atoms with Gasteiger partial charge in [-0.05, 0) is 89.0 Å². The Morgan fingerprint density at radius 2 is 0.923 bits per heavy atom. The Labute approximate surface area is 229 Å². The first-order valence-corrected chi connectivity index (χ1v) is 13.8. The number of benzene rings is 7. The van der Waals surface area contributed by atoms with E-state index in [1.54, 1.807) is 0 Å². The van der Waals surface area contributed by atoms with E-state index in [2.05, 4.69) is 147 Å². The molecule has 7 aromatic carbocycles. The maximum Gasteiger partial charge on any atom is 0.0165 e. The molecule has 0 aliphatic heterocycles. The van der Waals surface area contributed by atoms with Crippen LogP contribution in [0, 0.1) is 0 Å². The molecule has 7 aromatic rings. The molecular formula is C39H28. The molecule has 0 nitrogen and oxygen atoms in total. The maximum absolute atomic E-state index is 2.51. The number of fused-ring (bicyclic) bond motifs is 7. The highest BCUT2D eigenvalue weighted by molar-refractivity contribution is 6.22. The number of rotatable bonds is 2. The third-order valence-electron chi connectivity index (χ3n) is 8.80. The molecule has 0 heterocycles. The van der Waals surface area contributed by atoms with Gasteiger partial charge in [-0.25, -0.2) is 0 Å². The summed E-state index contributed by atoms with van der Waals surface area (Å²) in [5.41, 5.74) is 10.6. The zero-order chi connectivity index (χ0) is 26.1. The van der Waals surface area contributed by atoms with Crippen LogP contribution in [0.5, 0.6) is 0 Å². The fraction of sp³-hybridized carbons (Fsp3) is 0.0769. The smallest absolute Gasteiger partial charge is 0.0165 e. The number of hydrogen-bond donors (Lipinski definition) is 0. The quantitative estimate of drug-likeness (QED) is 0.209. The van der Waals surface area contributed by atoms with Gasteiger partial charge in [0.25, 0.3) is 0 Å². The molecule has 0 saturated heterocycles. The molecule has 8 rings (SSSR count). The van der Waals surface area contributed by atoms with Crippen LogP contribution in [0.25, 0.3) is 65.7 Å². The van der Waals surface area contributed by atoms with Crippen LogP contribution in [0.3, 0.4) is 0 Å². The molecule has 0 fully saturated rings. The van der Waals surface area contributed by atoms with E-state index in [0.29, 0.717) is 0 Å². The second kappa shape index (κ2) is 8.16. The molecule has 0 spiro atoms. The zero-order valence-electron chi connectivity index (χ0n) is 22.2. The van der Waals surface area contributed by atoms with Crippen LogP contribution < -0.4 is 0 Å². The van der Waals surface area contributed by atoms with E-state index in [9.17, 15) is 0 Å². The van der Waals surface area contributed by atoms with Gasteiger partial charge in [0.2, 0.25) is 0 Å². The van der Waals surface area contributed by atoms with Gasteiger partial charge in [0.15, 0.2) is 0 Å². The lowest BCUT2D eigenvalue weighted by Crippen LogP contribution is -2.15. The van der Waals surface area contributed by atoms with Crippen LogP contribution in [0.4, 0.5) is 0 Å². The summed E-state index contributed by atoms with van der Waals surface area (Å²) in [5, 5.41) is 7.90. The van der Waals surface area contributed by atoms with E-state index in [4.69, 9.17) is 0 Å². The first-order valence-electron chi connectivity index (χ1n) is 13.8. The average molecular weight is 497 g/mol. The molecule has 1 aliphatic rings. The lowest BCUT2D eigenvalue weighted by Gasteiger charge is -2.24. The molecule has 0 saturated carbocycles. The van der Waals surface area contributed by atoms with Crippen LogP contribution in [0.15, 0.2) is 133 Å². The summed E-state index contributed by atoms with van der Waals surface area (Å²) >= 11 is 0. The molecular weight excluding hydrogens is 468 g/mol. The van der Waals surface area contributed by atoms with Gasteiger partial charge in [0.1, 0.15) is 0 Å². The van der Waals surface area contributed by atoms with Crippen LogP contribution >= 0.6 is 0 Å². The highest BCUT2D eigenvalue weighted by Gasteiger charge is 2.37. The van der Waals surface area contributed by atoms with Crippen molar-refractivity contribution in [3.63, 3.8) is 0 Å². The lowest BCUT2D eigenvalue weighted by molar-refractivity contribution is 0.667. The predicted molar refractivity (Wildman–Crippen MR) is 167 cm³/mol. The highest BCUT2D eigenvalue weighted by Crippen LogP contribution is 2.54. The molecule has 39 heavy (non-hydrogen) atoms. The van der Waals surface area contributed by atoms with Gasteiger partial charge in [-0.2, -0.15) is 0 Å². The molecule has 1 aliphatic carbocycles. The summed E-state index contributed by atoms with van der Waals surface area (Å²) in [7, 11) is 0. The summed E-state index contributed by atoms with van der Waals surface area (Å²) in [6.07, 6.45) is 0. The highest BCUT2D eigenvalue weighted by atomic mass is 14.4. The molecule has 0 heteroatoms. The van der Waals surface area contributed by atoms with Crippen molar-refractivity contribution in [1.29, 1.82) is 0 Å². The van der Waals surface area contributed by atoms with E-state index in [1.165, 1.54) is 76.8 Å². The van der Waals surface area contributed by atoms with Gasteiger partial charge < -0.3 is 0 Å². The van der Waals surface area contributed by atoms with Crippen LogP contribution in [0.2, 0.25) is 0 Å². The monoisotopic (exact) mass is 496 g/mol. The van der Waals surface area contributed by atoms with Gasteiger partial charge in [0, 0.05) is 5.41 Å². The van der Waals surface area contributed by atoms with Crippen LogP contribution in [-0.2, 0) is 5.41 Å². The van der Waals surface area contributed by atoms with Gasteiger partial charge in [-0.1, -0.05) is 135 Å². The van der Waals surface area contributed by atoms with E-state index in [1.807, 2.05) is 0 Å². The Kier molecular flexibility index (Phi) is 4.67. The lowest BCUT2D eigenvalue weighted by atomic mass is 9.78. The Morgan fingerprint density at radius 3 is 1.54 bits per heavy atom. The summed E-state index contributed by atoms with van der Waals surface area (Å²) in [6.45, 7) is 4.80. The summed E-state index contributed by atoms with van der Waals surface area (Å²) in [5.74, 6) is 0. The van der Waals surface area contributed by atoms with Gasteiger partial charge >= 0.3 is 0 Å². The number of hydrogen-bond acceptors (Lipinski definition) is 0. The van der Waals surface area contributed by atoms with Crippen molar-refractivity contribution in [3.8, 4) is 33.4 Å². The fourth-order valence-corrected chi connectivity index (χ4v) is 7.10. The molecule has 0 N–H and O–H groups in total.